The van der Waals surface area contributed by atoms with Gasteiger partial charge in [-0.05, 0) is 5.56 Å². The Kier molecular flexibility index (Phi) is 2.64. The minimum absolute atomic E-state index is 0.155. The van der Waals surface area contributed by atoms with E-state index in [0.29, 0.717) is 6.54 Å². The predicted octanol–water partition coefficient (Wildman–Crippen LogP) is 0.119. The SMILES string of the molecule is NCC(c1ccccc1)n1cn[nH]c1=O. The lowest BCUT2D eigenvalue weighted by Gasteiger charge is -2.14. The number of hydrogen-bond acceptors (Lipinski definition) is 3. The van der Waals surface area contributed by atoms with Crippen molar-refractivity contribution in [2.24, 2.45) is 5.73 Å². The minimum Gasteiger partial charge on any atom is -0.328 e. The summed E-state index contributed by atoms with van der Waals surface area (Å²) in [4.78, 5) is 11.4. The van der Waals surface area contributed by atoms with Crippen molar-refractivity contribution in [1.82, 2.24) is 14.8 Å². The maximum Gasteiger partial charge on any atom is 0.343 e. The largest absolute Gasteiger partial charge is 0.343 e. The maximum atomic E-state index is 11.4. The van der Waals surface area contributed by atoms with Crippen LogP contribution in [-0.4, -0.2) is 21.3 Å². The molecule has 0 aliphatic rings. The third-order valence-electron chi connectivity index (χ3n) is 2.32. The van der Waals surface area contributed by atoms with Crippen molar-refractivity contribution in [3.05, 3.63) is 52.7 Å². The summed E-state index contributed by atoms with van der Waals surface area (Å²) in [5.74, 6) is 0. The Balaban J connectivity index is 2.42. The van der Waals surface area contributed by atoms with Gasteiger partial charge in [0.05, 0.1) is 6.04 Å². The van der Waals surface area contributed by atoms with E-state index in [9.17, 15) is 4.79 Å². The zero-order chi connectivity index (χ0) is 10.7. The fourth-order valence-electron chi connectivity index (χ4n) is 1.56. The van der Waals surface area contributed by atoms with Gasteiger partial charge in [-0.25, -0.2) is 9.89 Å². The molecule has 0 saturated carbocycles. The number of nitrogens with zero attached hydrogens (tertiary/aromatic N) is 2. The van der Waals surface area contributed by atoms with E-state index in [1.807, 2.05) is 30.3 Å². The Morgan fingerprint density at radius 1 is 1.40 bits per heavy atom. The van der Waals surface area contributed by atoms with Gasteiger partial charge in [0, 0.05) is 6.54 Å². The monoisotopic (exact) mass is 204 g/mol. The Bertz CT molecular complexity index is 473. The number of rotatable bonds is 3. The van der Waals surface area contributed by atoms with Crippen LogP contribution >= 0.6 is 0 Å². The van der Waals surface area contributed by atoms with Crippen molar-refractivity contribution in [3.8, 4) is 0 Å². The highest BCUT2D eigenvalue weighted by Crippen LogP contribution is 2.13. The van der Waals surface area contributed by atoms with Crippen molar-refractivity contribution < 1.29 is 0 Å². The van der Waals surface area contributed by atoms with Gasteiger partial charge in [-0.15, -0.1) is 0 Å². The van der Waals surface area contributed by atoms with Gasteiger partial charge in [0.15, 0.2) is 0 Å². The average Bonchev–Trinajstić information content (AvgIpc) is 2.68. The quantitative estimate of drug-likeness (QED) is 0.745. The molecule has 5 heteroatoms. The normalized spacial score (nSPS) is 12.6. The molecule has 2 rings (SSSR count). The van der Waals surface area contributed by atoms with E-state index in [1.54, 1.807) is 0 Å². The highest BCUT2D eigenvalue weighted by molar-refractivity contribution is 5.20. The lowest BCUT2D eigenvalue weighted by atomic mass is 10.1. The smallest absolute Gasteiger partial charge is 0.328 e. The Morgan fingerprint density at radius 3 is 2.67 bits per heavy atom. The van der Waals surface area contributed by atoms with Crippen molar-refractivity contribution >= 4 is 0 Å². The summed E-state index contributed by atoms with van der Waals surface area (Å²) in [5, 5.41) is 6.04. The average molecular weight is 204 g/mol. The first kappa shape index (κ1) is 9.67. The second-order valence-corrected chi connectivity index (χ2v) is 3.23. The topological polar surface area (TPSA) is 76.7 Å². The molecule has 2 aromatic rings. The van der Waals surface area contributed by atoms with Gasteiger partial charge < -0.3 is 5.73 Å². The molecule has 15 heavy (non-hydrogen) atoms. The van der Waals surface area contributed by atoms with E-state index >= 15 is 0 Å². The number of benzene rings is 1. The molecule has 1 heterocycles. The molecule has 0 amide bonds. The number of hydrogen-bond donors (Lipinski definition) is 2. The van der Waals surface area contributed by atoms with Crippen molar-refractivity contribution in [3.63, 3.8) is 0 Å². The molecule has 78 valence electrons. The van der Waals surface area contributed by atoms with Crippen LogP contribution in [0.1, 0.15) is 11.6 Å². The molecule has 5 nitrogen and oxygen atoms in total. The number of H-pyrrole nitrogens is 1. The second kappa shape index (κ2) is 4.10. The maximum absolute atomic E-state index is 11.4. The Hall–Kier alpha value is -1.88. The predicted molar refractivity (Wildman–Crippen MR) is 56.5 cm³/mol. The molecule has 0 radical (unpaired) electrons. The van der Waals surface area contributed by atoms with Gasteiger partial charge in [-0.3, -0.25) is 4.57 Å². The number of nitrogens with one attached hydrogen (secondary N) is 1. The van der Waals surface area contributed by atoms with Crippen molar-refractivity contribution in [2.45, 2.75) is 6.04 Å². The summed E-state index contributed by atoms with van der Waals surface area (Å²) in [5.41, 5.74) is 6.43. The fraction of sp³-hybridized carbons (Fsp3) is 0.200. The molecule has 0 aliphatic heterocycles. The summed E-state index contributed by atoms with van der Waals surface area (Å²) < 4.78 is 1.50. The molecule has 0 spiro atoms. The molecule has 0 bridgehead atoms. The third-order valence-corrected chi connectivity index (χ3v) is 2.32. The number of aromatic nitrogens is 3. The van der Waals surface area contributed by atoms with E-state index < -0.39 is 0 Å². The van der Waals surface area contributed by atoms with Gasteiger partial charge in [-0.1, -0.05) is 30.3 Å². The molecule has 0 saturated heterocycles. The Labute approximate surface area is 86.5 Å². The van der Waals surface area contributed by atoms with Crippen LogP contribution < -0.4 is 11.4 Å². The van der Waals surface area contributed by atoms with Gasteiger partial charge in [0.25, 0.3) is 0 Å². The van der Waals surface area contributed by atoms with E-state index in [-0.39, 0.29) is 11.7 Å². The van der Waals surface area contributed by atoms with Crippen molar-refractivity contribution in [1.29, 1.82) is 0 Å². The first-order chi connectivity index (χ1) is 7.33. The molecular formula is C10H12N4O. The highest BCUT2D eigenvalue weighted by Gasteiger charge is 2.13. The fourth-order valence-corrected chi connectivity index (χ4v) is 1.56. The van der Waals surface area contributed by atoms with Crippen LogP contribution in [0.4, 0.5) is 0 Å². The van der Waals surface area contributed by atoms with Crippen LogP contribution in [0.15, 0.2) is 41.5 Å². The van der Waals surface area contributed by atoms with Crippen LogP contribution in [0.25, 0.3) is 0 Å². The Morgan fingerprint density at radius 2 is 2.13 bits per heavy atom. The number of nitrogens with two attached hydrogens (primary N) is 1. The molecular weight excluding hydrogens is 192 g/mol. The van der Waals surface area contributed by atoms with E-state index in [1.165, 1.54) is 10.9 Å². The van der Waals surface area contributed by atoms with Gasteiger partial charge >= 0.3 is 5.69 Å². The standard InChI is InChI=1S/C10H12N4O/c11-6-9(8-4-2-1-3-5-8)14-7-12-13-10(14)15/h1-5,7,9H,6,11H2,(H,13,15). The molecule has 1 atom stereocenters. The molecule has 0 aliphatic carbocycles. The van der Waals surface area contributed by atoms with Gasteiger partial charge in [0.1, 0.15) is 6.33 Å². The lowest BCUT2D eigenvalue weighted by Crippen LogP contribution is -2.28. The third kappa shape index (κ3) is 1.82. The van der Waals surface area contributed by atoms with Crippen LogP contribution in [0.5, 0.6) is 0 Å². The molecule has 3 N–H and O–H groups in total. The first-order valence-electron chi connectivity index (χ1n) is 4.69. The summed E-state index contributed by atoms with van der Waals surface area (Å²) in [6.07, 6.45) is 1.47. The van der Waals surface area contributed by atoms with Crippen LogP contribution in [0.3, 0.4) is 0 Å². The van der Waals surface area contributed by atoms with Gasteiger partial charge in [0.2, 0.25) is 0 Å². The summed E-state index contributed by atoms with van der Waals surface area (Å²) in [7, 11) is 0. The van der Waals surface area contributed by atoms with Crippen LogP contribution in [-0.2, 0) is 0 Å². The van der Waals surface area contributed by atoms with E-state index in [0.717, 1.165) is 5.56 Å². The van der Waals surface area contributed by atoms with Crippen LogP contribution in [0, 0.1) is 0 Å². The number of aromatic amines is 1. The molecule has 0 fully saturated rings. The highest BCUT2D eigenvalue weighted by atomic mass is 16.1. The lowest BCUT2D eigenvalue weighted by molar-refractivity contribution is 0.575. The van der Waals surface area contributed by atoms with E-state index in [2.05, 4.69) is 10.2 Å². The van der Waals surface area contributed by atoms with Crippen molar-refractivity contribution in [2.75, 3.05) is 6.54 Å². The zero-order valence-corrected chi connectivity index (χ0v) is 8.13. The van der Waals surface area contributed by atoms with Gasteiger partial charge in [-0.2, -0.15) is 5.10 Å². The van der Waals surface area contributed by atoms with E-state index in [4.69, 9.17) is 5.73 Å². The summed E-state index contributed by atoms with van der Waals surface area (Å²) in [6.45, 7) is 0.365. The van der Waals surface area contributed by atoms with Crippen LogP contribution in [0.2, 0.25) is 0 Å². The second-order valence-electron chi connectivity index (χ2n) is 3.23. The summed E-state index contributed by atoms with van der Waals surface area (Å²) in [6, 6.07) is 9.49. The summed E-state index contributed by atoms with van der Waals surface area (Å²) >= 11 is 0. The molecule has 1 aromatic carbocycles. The minimum atomic E-state index is -0.241. The molecule has 1 aromatic heterocycles. The molecule has 1 unspecified atom stereocenters. The zero-order valence-electron chi connectivity index (χ0n) is 8.13. The first-order valence-corrected chi connectivity index (χ1v) is 4.69.